The molecule has 1 aromatic carbocycles. The second kappa shape index (κ2) is 4.86. The lowest BCUT2D eigenvalue weighted by molar-refractivity contribution is -0.132. The molecule has 0 spiro atoms. The molecular weight excluding hydrogens is 196 g/mol. The lowest BCUT2D eigenvalue weighted by atomic mass is 10.1. The van der Waals surface area contributed by atoms with Crippen LogP contribution in [0.4, 0.5) is 0 Å². The Kier molecular flexibility index (Phi) is 3.77. The van der Waals surface area contributed by atoms with Crippen LogP contribution < -0.4 is 0 Å². The molecular formula is C11H12O2S. The molecule has 0 heterocycles. The summed E-state index contributed by atoms with van der Waals surface area (Å²) in [5.41, 5.74) is 1.31. The zero-order chi connectivity index (χ0) is 10.6. The lowest BCUT2D eigenvalue weighted by Crippen LogP contribution is -1.95. The molecule has 0 radical (unpaired) electrons. The average Bonchev–Trinajstić information content (AvgIpc) is 2.18. The van der Waals surface area contributed by atoms with Gasteiger partial charge in [-0.2, -0.15) is 0 Å². The van der Waals surface area contributed by atoms with Crippen LogP contribution in [-0.2, 0) is 4.79 Å². The van der Waals surface area contributed by atoms with Crippen molar-refractivity contribution in [2.75, 3.05) is 6.26 Å². The Morgan fingerprint density at radius 2 is 2.07 bits per heavy atom. The molecule has 74 valence electrons. The van der Waals surface area contributed by atoms with Crippen molar-refractivity contribution in [3.63, 3.8) is 0 Å². The van der Waals surface area contributed by atoms with Gasteiger partial charge in [0.1, 0.15) is 0 Å². The molecule has 0 saturated carbocycles. The summed E-state index contributed by atoms with van der Waals surface area (Å²) < 4.78 is 0. The minimum Gasteiger partial charge on any atom is -0.478 e. The zero-order valence-electron chi connectivity index (χ0n) is 8.15. The summed E-state index contributed by atoms with van der Waals surface area (Å²) in [5, 5.41) is 8.73. The number of aliphatic carboxylic acids is 1. The number of carboxylic acid groups (broad SMARTS) is 1. The molecule has 0 atom stereocenters. The van der Waals surface area contributed by atoms with E-state index in [0.29, 0.717) is 5.57 Å². The van der Waals surface area contributed by atoms with Crippen LogP contribution in [0.1, 0.15) is 12.5 Å². The van der Waals surface area contributed by atoms with Gasteiger partial charge in [0.25, 0.3) is 0 Å². The zero-order valence-corrected chi connectivity index (χ0v) is 8.97. The highest BCUT2D eigenvalue weighted by Crippen LogP contribution is 2.22. The first kappa shape index (κ1) is 10.9. The third-order valence-corrected chi connectivity index (χ3v) is 2.66. The summed E-state index contributed by atoms with van der Waals surface area (Å²) in [5.74, 6) is -0.874. The molecule has 2 nitrogen and oxygen atoms in total. The fourth-order valence-corrected chi connectivity index (χ4v) is 1.66. The minimum atomic E-state index is -0.874. The first-order valence-electron chi connectivity index (χ1n) is 4.19. The number of carbonyl (C=O) groups is 1. The Morgan fingerprint density at radius 1 is 1.43 bits per heavy atom. The van der Waals surface area contributed by atoms with Crippen molar-refractivity contribution >= 4 is 23.8 Å². The number of hydrogen-bond acceptors (Lipinski definition) is 2. The van der Waals surface area contributed by atoms with E-state index in [9.17, 15) is 4.79 Å². The van der Waals surface area contributed by atoms with E-state index >= 15 is 0 Å². The first-order valence-corrected chi connectivity index (χ1v) is 5.42. The SMILES string of the molecule is CSc1ccccc1/C=C(\C)C(=O)O. The summed E-state index contributed by atoms with van der Waals surface area (Å²) in [6.07, 6.45) is 3.66. The monoisotopic (exact) mass is 208 g/mol. The summed E-state index contributed by atoms with van der Waals surface area (Å²) in [6, 6.07) is 7.74. The van der Waals surface area contributed by atoms with Crippen LogP contribution in [0, 0.1) is 0 Å². The number of carboxylic acids is 1. The summed E-state index contributed by atoms with van der Waals surface area (Å²) in [7, 11) is 0. The Hall–Kier alpha value is -1.22. The fraction of sp³-hybridized carbons (Fsp3) is 0.182. The Balaban J connectivity index is 3.07. The maximum Gasteiger partial charge on any atom is 0.331 e. The van der Waals surface area contributed by atoms with Crippen LogP contribution in [0.3, 0.4) is 0 Å². The Labute approximate surface area is 87.6 Å². The van der Waals surface area contributed by atoms with E-state index in [1.165, 1.54) is 0 Å². The molecule has 0 aliphatic rings. The number of hydrogen-bond donors (Lipinski definition) is 1. The van der Waals surface area contributed by atoms with Crippen LogP contribution in [0.15, 0.2) is 34.7 Å². The van der Waals surface area contributed by atoms with Gasteiger partial charge < -0.3 is 5.11 Å². The molecule has 1 rings (SSSR count). The Bertz CT molecular complexity index is 369. The third kappa shape index (κ3) is 2.64. The molecule has 0 aliphatic heterocycles. The lowest BCUT2D eigenvalue weighted by Gasteiger charge is -2.02. The maximum atomic E-state index is 10.6. The van der Waals surface area contributed by atoms with E-state index in [-0.39, 0.29) is 0 Å². The van der Waals surface area contributed by atoms with Gasteiger partial charge in [0.05, 0.1) is 0 Å². The van der Waals surface area contributed by atoms with E-state index in [1.807, 2.05) is 30.5 Å². The van der Waals surface area contributed by atoms with Crippen LogP contribution in [0.2, 0.25) is 0 Å². The molecule has 0 amide bonds. The van der Waals surface area contributed by atoms with Gasteiger partial charge in [0.15, 0.2) is 0 Å². The molecule has 0 saturated heterocycles. The van der Waals surface area contributed by atoms with Crippen LogP contribution in [0.5, 0.6) is 0 Å². The summed E-state index contributed by atoms with van der Waals surface area (Å²) in [4.78, 5) is 11.7. The molecule has 0 bridgehead atoms. The van der Waals surface area contributed by atoms with Crippen molar-refractivity contribution in [1.29, 1.82) is 0 Å². The molecule has 1 N–H and O–H groups in total. The quantitative estimate of drug-likeness (QED) is 0.613. The number of rotatable bonds is 3. The van der Waals surface area contributed by atoms with Crippen molar-refractivity contribution in [2.24, 2.45) is 0 Å². The predicted molar refractivity (Wildman–Crippen MR) is 59.5 cm³/mol. The van der Waals surface area contributed by atoms with E-state index in [0.717, 1.165) is 10.5 Å². The van der Waals surface area contributed by atoms with Crippen molar-refractivity contribution in [2.45, 2.75) is 11.8 Å². The molecule has 0 aromatic heterocycles. The molecule has 0 fully saturated rings. The highest BCUT2D eigenvalue weighted by Gasteiger charge is 2.02. The fourth-order valence-electron chi connectivity index (χ4n) is 1.08. The van der Waals surface area contributed by atoms with Gasteiger partial charge in [0, 0.05) is 10.5 Å². The van der Waals surface area contributed by atoms with Crippen molar-refractivity contribution in [1.82, 2.24) is 0 Å². The predicted octanol–water partition coefficient (Wildman–Crippen LogP) is 2.90. The van der Waals surface area contributed by atoms with Gasteiger partial charge in [-0.25, -0.2) is 4.79 Å². The highest BCUT2D eigenvalue weighted by molar-refractivity contribution is 7.98. The minimum absolute atomic E-state index is 0.353. The molecule has 3 heteroatoms. The number of thioether (sulfide) groups is 1. The van der Waals surface area contributed by atoms with Gasteiger partial charge in [-0.3, -0.25) is 0 Å². The highest BCUT2D eigenvalue weighted by atomic mass is 32.2. The normalized spacial score (nSPS) is 11.4. The van der Waals surface area contributed by atoms with Gasteiger partial charge in [-0.1, -0.05) is 18.2 Å². The second-order valence-electron chi connectivity index (χ2n) is 2.87. The van der Waals surface area contributed by atoms with Crippen molar-refractivity contribution in [3.8, 4) is 0 Å². The van der Waals surface area contributed by atoms with E-state index < -0.39 is 5.97 Å². The van der Waals surface area contributed by atoms with E-state index in [4.69, 9.17) is 5.11 Å². The first-order chi connectivity index (χ1) is 6.65. The van der Waals surface area contributed by atoms with Gasteiger partial charge >= 0.3 is 5.97 Å². The Morgan fingerprint density at radius 3 is 2.64 bits per heavy atom. The van der Waals surface area contributed by atoms with E-state index in [1.54, 1.807) is 24.8 Å². The van der Waals surface area contributed by atoms with Crippen LogP contribution in [-0.4, -0.2) is 17.3 Å². The van der Waals surface area contributed by atoms with Crippen molar-refractivity contribution in [3.05, 3.63) is 35.4 Å². The topological polar surface area (TPSA) is 37.3 Å². The molecule has 1 aromatic rings. The average molecular weight is 208 g/mol. The standard InChI is InChI=1S/C11H12O2S/c1-8(11(12)13)7-9-5-3-4-6-10(9)14-2/h3-7H,1-2H3,(H,12,13)/b8-7+. The van der Waals surface area contributed by atoms with E-state index in [2.05, 4.69) is 0 Å². The van der Waals surface area contributed by atoms with Crippen molar-refractivity contribution < 1.29 is 9.90 Å². The summed E-state index contributed by atoms with van der Waals surface area (Å²) in [6.45, 7) is 1.60. The largest absolute Gasteiger partial charge is 0.478 e. The van der Waals surface area contributed by atoms with Gasteiger partial charge in [-0.15, -0.1) is 11.8 Å². The van der Waals surface area contributed by atoms with Crippen LogP contribution in [0.25, 0.3) is 6.08 Å². The molecule has 14 heavy (non-hydrogen) atoms. The van der Waals surface area contributed by atoms with Gasteiger partial charge in [-0.05, 0) is 30.9 Å². The maximum absolute atomic E-state index is 10.6. The molecule has 0 unspecified atom stereocenters. The second-order valence-corrected chi connectivity index (χ2v) is 3.72. The molecule has 0 aliphatic carbocycles. The third-order valence-electron chi connectivity index (χ3n) is 1.85. The smallest absolute Gasteiger partial charge is 0.331 e. The number of benzene rings is 1. The van der Waals surface area contributed by atoms with Gasteiger partial charge in [0.2, 0.25) is 0 Å². The van der Waals surface area contributed by atoms with Crippen LogP contribution >= 0.6 is 11.8 Å². The summed E-state index contributed by atoms with van der Waals surface area (Å²) >= 11 is 1.61.